The summed E-state index contributed by atoms with van der Waals surface area (Å²) >= 11 is 5.96. The Hall–Kier alpha value is 0.390. The number of ether oxygens (including phenoxy) is 1. The molecule has 1 atom stereocenters. The Kier molecular flexibility index (Phi) is 8.00. The lowest BCUT2D eigenvalue weighted by Gasteiger charge is -2.11. The fourth-order valence-electron chi connectivity index (χ4n) is 0.813. The summed E-state index contributed by atoms with van der Waals surface area (Å²) < 4.78 is 4.14. The highest BCUT2D eigenvalue weighted by Gasteiger charge is 2.16. The Balaban J connectivity index is 3.50. The van der Waals surface area contributed by atoms with E-state index in [2.05, 4.69) is 43.5 Å². The molecule has 0 rings (SSSR count). The van der Waals surface area contributed by atoms with Gasteiger partial charge in [-0.2, -0.15) is 0 Å². The van der Waals surface area contributed by atoms with E-state index in [0.29, 0.717) is 6.42 Å². The summed E-state index contributed by atoms with van der Waals surface area (Å²) in [5.41, 5.74) is 0. The Morgan fingerprint density at radius 2 is 2.08 bits per heavy atom. The van der Waals surface area contributed by atoms with E-state index in [1.165, 1.54) is 0 Å². The van der Waals surface area contributed by atoms with E-state index in [9.17, 15) is 9.90 Å². The van der Waals surface area contributed by atoms with Crippen LogP contribution >= 0.6 is 31.9 Å². The first-order valence-corrected chi connectivity index (χ1v) is 6.07. The van der Waals surface area contributed by atoms with Gasteiger partial charge < -0.3 is 9.84 Å². The summed E-state index contributed by atoms with van der Waals surface area (Å²) in [6.07, 6.45) is 2.53. The number of carbonyl (C=O) groups is 1. The minimum atomic E-state index is -0.975. The van der Waals surface area contributed by atoms with Gasteiger partial charge in [0.1, 0.15) is 0 Å². The number of rotatable bonds is 6. The summed E-state index contributed by atoms with van der Waals surface area (Å²) in [5, 5.41) is 9.21. The third kappa shape index (κ3) is 7.46. The molecule has 0 aliphatic rings. The number of aliphatic hydroxyl groups is 1. The fraction of sp³-hybridized carbons (Fsp3) is 0.875. The van der Waals surface area contributed by atoms with E-state index < -0.39 is 16.0 Å². The van der Waals surface area contributed by atoms with Crippen LogP contribution in [-0.4, -0.2) is 21.1 Å². The molecule has 78 valence electrons. The molecule has 5 heteroatoms. The minimum absolute atomic E-state index is 0.496. The second-order valence-electron chi connectivity index (χ2n) is 2.69. The predicted octanol–water partition coefficient (Wildman–Crippen LogP) is 2.54. The van der Waals surface area contributed by atoms with Crippen molar-refractivity contribution in [2.75, 3.05) is 0 Å². The summed E-state index contributed by atoms with van der Waals surface area (Å²) in [6, 6.07) is 0. The van der Waals surface area contributed by atoms with Crippen LogP contribution in [0.2, 0.25) is 0 Å². The largest absolute Gasteiger partial charge is 0.435 e. The van der Waals surface area contributed by atoms with Crippen molar-refractivity contribution in [2.45, 2.75) is 42.6 Å². The average Bonchev–Trinajstić information content (AvgIpc) is 2.04. The first-order chi connectivity index (χ1) is 6.07. The van der Waals surface area contributed by atoms with Crippen molar-refractivity contribution in [3.05, 3.63) is 0 Å². The standard InChI is InChI=1S/C8H14Br2O3/c1-2-3-4-5-6(11)13-8(12)7(9)10/h6-7,11H,2-5H2,1H3. The Bertz CT molecular complexity index is 150. The summed E-state index contributed by atoms with van der Waals surface area (Å²) in [6.45, 7) is 2.07. The van der Waals surface area contributed by atoms with Crippen LogP contribution in [0, 0.1) is 0 Å². The van der Waals surface area contributed by atoms with Crippen molar-refractivity contribution >= 4 is 37.8 Å². The lowest BCUT2D eigenvalue weighted by molar-refractivity contribution is -0.165. The minimum Gasteiger partial charge on any atom is -0.435 e. The van der Waals surface area contributed by atoms with Crippen molar-refractivity contribution in [3.63, 3.8) is 0 Å². The molecule has 1 N–H and O–H groups in total. The van der Waals surface area contributed by atoms with E-state index in [-0.39, 0.29) is 0 Å². The van der Waals surface area contributed by atoms with Gasteiger partial charge in [0.25, 0.3) is 0 Å². The molecule has 0 aliphatic carbocycles. The van der Waals surface area contributed by atoms with E-state index in [4.69, 9.17) is 0 Å². The number of carbonyl (C=O) groups excluding carboxylic acids is 1. The van der Waals surface area contributed by atoms with Gasteiger partial charge in [0.2, 0.25) is 6.29 Å². The maximum absolute atomic E-state index is 10.9. The predicted molar refractivity (Wildman–Crippen MR) is 57.9 cm³/mol. The van der Waals surface area contributed by atoms with E-state index >= 15 is 0 Å². The van der Waals surface area contributed by atoms with E-state index in [1.54, 1.807) is 0 Å². The number of aliphatic hydroxyl groups excluding tert-OH is 1. The first-order valence-electron chi connectivity index (χ1n) is 4.24. The zero-order valence-electron chi connectivity index (χ0n) is 7.50. The average molecular weight is 318 g/mol. The molecule has 0 fully saturated rings. The van der Waals surface area contributed by atoms with Gasteiger partial charge in [0.05, 0.1) is 0 Å². The maximum Gasteiger partial charge on any atom is 0.332 e. The molecule has 1 unspecified atom stereocenters. The van der Waals surface area contributed by atoms with Crippen molar-refractivity contribution in [2.24, 2.45) is 0 Å². The SMILES string of the molecule is CCCCCC(O)OC(=O)C(Br)Br. The molecule has 0 saturated heterocycles. The number of hydrogen-bond acceptors (Lipinski definition) is 3. The van der Waals surface area contributed by atoms with E-state index in [1.807, 2.05) is 0 Å². The van der Waals surface area contributed by atoms with Crippen molar-refractivity contribution in [3.8, 4) is 0 Å². The molecule has 13 heavy (non-hydrogen) atoms. The fourth-order valence-corrected chi connectivity index (χ4v) is 1.03. The molecule has 0 amide bonds. The van der Waals surface area contributed by atoms with Gasteiger partial charge in [0.15, 0.2) is 3.74 Å². The van der Waals surface area contributed by atoms with E-state index in [0.717, 1.165) is 19.3 Å². The number of esters is 1. The highest BCUT2D eigenvalue weighted by molar-refractivity contribution is 9.25. The third-order valence-corrected chi connectivity index (χ3v) is 2.23. The highest BCUT2D eigenvalue weighted by Crippen LogP contribution is 2.12. The molecule has 0 aromatic carbocycles. The van der Waals surface area contributed by atoms with Crippen molar-refractivity contribution in [1.82, 2.24) is 0 Å². The molecule has 0 aromatic rings. The van der Waals surface area contributed by atoms with Gasteiger partial charge in [-0.05, 0) is 6.42 Å². The molecular weight excluding hydrogens is 304 g/mol. The lowest BCUT2D eigenvalue weighted by Crippen LogP contribution is -2.21. The number of alkyl halides is 2. The lowest BCUT2D eigenvalue weighted by atomic mass is 10.2. The monoisotopic (exact) mass is 316 g/mol. The summed E-state index contributed by atoms with van der Waals surface area (Å²) in [5.74, 6) is -0.496. The van der Waals surface area contributed by atoms with Gasteiger partial charge in [0, 0.05) is 6.42 Å². The molecule has 0 saturated carbocycles. The smallest absolute Gasteiger partial charge is 0.332 e. The summed E-state index contributed by atoms with van der Waals surface area (Å²) in [4.78, 5) is 10.9. The zero-order valence-corrected chi connectivity index (χ0v) is 10.7. The zero-order chi connectivity index (χ0) is 10.3. The quantitative estimate of drug-likeness (QED) is 0.354. The number of halogens is 2. The van der Waals surface area contributed by atoms with Crippen LogP contribution < -0.4 is 0 Å². The Morgan fingerprint density at radius 1 is 1.46 bits per heavy atom. The number of hydrogen-bond donors (Lipinski definition) is 1. The molecule has 0 bridgehead atoms. The Morgan fingerprint density at radius 3 is 2.54 bits per heavy atom. The maximum atomic E-state index is 10.9. The molecule has 0 aliphatic heterocycles. The van der Waals surface area contributed by atoms with Gasteiger partial charge in [-0.25, -0.2) is 4.79 Å². The second-order valence-corrected chi connectivity index (χ2v) is 5.75. The number of unbranched alkanes of at least 4 members (excludes halogenated alkanes) is 2. The van der Waals surface area contributed by atoms with Gasteiger partial charge in [-0.1, -0.05) is 51.6 Å². The Labute approximate surface area is 95.1 Å². The second kappa shape index (κ2) is 7.76. The third-order valence-electron chi connectivity index (χ3n) is 1.48. The van der Waals surface area contributed by atoms with Crippen molar-refractivity contribution < 1.29 is 14.6 Å². The molecule has 0 heterocycles. The molecule has 0 spiro atoms. The summed E-state index contributed by atoms with van der Waals surface area (Å²) in [7, 11) is 0. The molecule has 0 aromatic heterocycles. The van der Waals surface area contributed by atoms with Crippen LogP contribution in [-0.2, 0) is 9.53 Å². The van der Waals surface area contributed by atoms with Crippen LogP contribution in [0.25, 0.3) is 0 Å². The molecule has 0 radical (unpaired) electrons. The molecule has 3 nitrogen and oxygen atoms in total. The normalized spacial score (nSPS) is 13.0. The first kappa shape index (κ1) is 13.4. The molecular formula is C8H14Br2O3. The van der Waals surface area contributed by atoms with Gasteiger partial charge in [-0.3, -0.25) is 0 Å². The van der Waals surface area contributed by atoms with Gasteiger partial charge >= 0.3 is 5.97 Å². The topological polar surface area (TPSA) is 46.5 Å². The van der Waals surface area contributed by atoms with Crippen LogP contribution in [0.5, 0.6) is 0 Å². The van der Waals surface area contributed by atoms with Crippen LogP contribution in [0.3, 0.4) is 0 Å². The van der Waals surface area contributed by atoms with Crippen LogP contribution in [0.15, 0.2) is 0 Å². The van der Waals surface area contributed by atoms with Crippen LogP contribution in [0.4, 0.5) is 0 Å². The van der Waals surface area contributed by atoms with Crippen molar-refractivity contribution in [1.29, 1.82) is 0 Å². The van der Waals surface area contributed by atoms with Crippen LogP contribution in [0.1, 0.15) is 32.6 Å². The van der Waals surface area contributed by atoms with Gasteiger partial charge in [-0.15, -0.1) is 0 Å². The highest BCUT2D eigenvalue weighted by atomic mass is 79.9.